The zero-order chi connectivity index (χ0) is 38.5. The van der Waals surface area contributed by atoms with Gasteiger partial charge < -0.3 is 23.6 Å². The maximum Gasteiger partial charge on any atom is 0.387 e. The molecule has 2 aromatic heterocycles. The van der Waals surface area contributed by atoms with E-state index in [0.29, 0.717) is 59.4 Å². The molecule has 9 nitrogen and oxygen atoms in total. The Kier molecular flexibility index (Phi) is 9.16. The summed E-state index contributed by atoms with van der Waals surface area (Å²) in [4.78, 5) is 22.7. The fourth-order valence-corrected chi connectivity index (χ4v) is 9.88. The molecule has 1 saturated carbocycles. The van der Waals surface area contributed by atoms with Crippen molar-refractivity contribution < 1.29 is 31.7 Å². The number of alkyl halides is 2. The van der Waals surface area contributed by atoms with Crippen molar-refractivity contribution in [1.29, 1.82) is 0 Å². The van der Waals surface area contributed by atoms with Gasteiger partial charge in [0.15, 0.2) is 8.32 Å². The Morgan fingerprint density at radius 2 is 1.83 bits per heavy atom. The molecule has 1 amide bonds. The lowest BCUT2D eigenvalue weighted by Gasteiger charge is -2.55. The summed E-state index contributed by atoms with van der Waals surface area (Å²) in [6, 6.07) is 10.7. The number of carbonyl (C=O) groups is 1. The van der Waals surface area contributed by atoms with Gasteiger partial charge in [-0.05, 0) is 99.5 Å². The lowest BCUT2D eigenvalue weighted by Crippen LogP contribution is -2.63. The highest BCUT2D eigenvalue weighted by Gasteiger charge is 2.59. The molecule has 0 saturated heterocycles. The third kappa shape index (κ3) is 6.68. The molecule has 1 aliphatic carbocycles. The molecule has 0 radical (unpaired) electrons. The number of hydrogen-bond donors (Lipinski definition) is 2. The van der Waals surface area contributed by atoms with Crippen LogP contribution >= 0.6 is 0 Å². The van der Waals surface area contributed by atoms with Crippen LogP contribution in [0.1, 0.15) is 107 Å². The van der Waals surface area contributed by atoms with E-state index in [4.69, 9.17) is 19.1 Å². The predicted octanol–water partition coefficient (Wildman–Crippen LogP) is 8.69. The third-order valence-corrected chi connectivity index (χ3v) is 17.6. The number of benzene rings is 2. The number of pyridine rings is 1. The highest BCUT2D eigenvalue weighted by Crippen LogP contribution is 2.56. The van der Waals surface area contributed by atoms with Crippen LogP contribution in [-0.2, 0) is 21.3 Å². The Balaban J connectivity index is 1.23. The first-order chi connectivity index (χ1) is 24.6. The quantitative estimate of drug-likeness (QED) is 0.130. The summed E-state index contributed by atoms with van der Waals surface area (Å²) in [6.45, 7) is 16.3. The first kappa shape index (κ1) is 37.9. The average molecular weight is 768 g/mol. The van der Waals surface area contributed by atoms with Gasteiger partial charge in [0, 0.05) is 40.9 Å². The normalized spacial score (nSPS) is 24.8. The van der Waals surface area contributed by atoms with Crippen LogP contribution < -0.4 is 14.8 Å². The molecule has 14 heteroatoms. The van der Waals surface area contributed by atoms with Gasteiger partial charge in [-0.25, -0.2) is 9.37 Å². The SMILES string of the molecule is CC(C)(C)[S@@+]([O-])N[C@]1(c2ncc(-c3ccc4nc5n(c4c3)[C@@H]3C[C@@H]5NC(=O)c4cccc(OC(F)F)c43)cc2F)C[C@](C)(CO[Si](C)(C)C(C)(C)C)C1. The Labute approximate surface area is 312 Å². The smallest absolute Gasteiger partial charge is 0.387 e. The van der Waals surface area contributed by atoms with Crippen LogP contribution in [0.3, 0.4) is 0 Å². The van der Waals surface area contributed by atoms with Crippen molar-refractivity contribution in [3.8, 4) is 16.9 Å². The zero-order valence-electron chi connectivity index (χ0n) is 31.7. The molecule has 3 atom stereocenters. The number of aromatic nitrogens is 3. The van der Waals surface area contributed by atoms with Gasteiger partial charge >= 0.3 is 6.61 Å². The molecular weight excluding hydrogens is 720 g/mol. The Morgan fingerprint density at radius 3 is 2.47 bits per heavy atom. The maximum atomic E-state index is 16.5. The van der Waals surface area contributed by atoms with Crippen molar-refractivity contribution in [3.05, 3.63) is 77.1 Å². The number of amides is 1. The fourth-order valence-electron chi connectivity index (χ4n) is 7.83. The molecule has 2 aromatic carbocycles. The maximum absolute atomic E-state index is 16.5. The minimum absolute atomic E-state index is 0.0456. The molecule has 4 aromatic rings. The number of carbonyl (C=O) groups excluding carboxylic acids is 1. The van der Waals surface area contributed by atoms with Crippen molar-refractivity contribution >= 4 is 36.6 Å². The minimum atomic E-state index is -3.06. The zero-order valence-corrected chi connectivity index (χ0v) is 33.5. The number of rotatable bonds is 9. The topological polar surface area (TPSA) is 113 Å². The second-order valence-electron chi connectivity index (χ2n) is 17.7. The van der Waals surface area contributed by atoms with Crippen molar-refractivity contribution in [1.82, 2.24) is 24.6 Å². The molecule has 3 aliphatic rings. The number of nitrogens with zero attached hydrogens (tertiary/aromatic N) is 3. The number of hydrogen-bond acceptors (Lipinski definition) is 7. The predicted molar refractivity (Wildman–Crippen MR) is 202 cm³/mol. The van der Waals surface area contributed by atoms with Crippen LogP contribution in [0, 0.1) is 11.2 Å². The number of imidazole rings is 1. The molecular formula is C39H48F3N5O4SSi. The molecule has 2 aliphatic heterocycles. The van der Waals surface area contributed by atoms with E-state index in [0.717, 1.165) is 0 Å². The van der Waals surface area contributed by atoms with Gasteiger partial charge in [-0.2, -0.15) is 8.78 Å². The van der Waals surface area contributed by atoms with E-state index >= 15 is 4.39 Å². The van der Waals surface area contributed by atoms with Crippen LogP contribution in [0.5, 0.6) is 5.75 Å². The van der Waals surface area contributed by atoms with Gasteiger partial charge in [-0.15, -0.1) is 4.72 Å². The summed E-state index contributed by atoms with van der Waals surface area (Å²) in [5, 5.41) is 3.05. The van der Waals surface area contributed by atoms with E-state index in [1.165, 1.54) is 18.2 Å². The Hall–Kier alpha value is -3.43. The van der Waals surface area contributed by atoms with E-state index in [1.807, 2.05) is 43.5 Å². The third-order valence-electron chi connectivity index (χ3n) is 11.5. The summed E-state index contributed by atoms with van der Waals surface area (Å²) in [7, 11) is -2.03. The van der Waals surface area contributed by atoms with E-state index in [1.54, 1.807) is 12.3 Å². The second-order valence-corrected chi connectivity index (χ2v) is 24.5. The monoisotopic (exact) mass is 767 g/mol. The molecule has 0 unspecified atom stereocenters. The van der Waals surface area contributed by atoms with Gasteiger partial charge in [0.1, 0.15) is 33.4 Å². The van der Waals surface area contributed by atoms with E-state index in [-0.39, 0.29) is 33.4 Å². The minimum Gasteiger partial charge on any atom is -0.598 e. The Bertz CT molecular complexity index is 2090. The van der Waals surface area contributed by atoms with Gasteiger partial charge in [0.05, 0.1) is 23.1 Å². The number of ether oxygens (including phenoxy) is 1. The summed E-state index contributed by atoms with van der Waals surface area (Å²) in [6.07, 6.45) is 3.07. The first-order valence-corrected chi connectivity index (χ1v) is 22.1. The fraction of sp³-hybridized carbons (Fsp3) is 0.513. The van der Waals surface area contributed by atoms with E-state index < -0.39 is 54.5 Å². The van der Waals surface area contributed by atoms with Crippen molar-refractivity contribution in [2.45, 2.75) is 115 Å². The van der Waals surface area contributed by atoms with Crippen LogP contribution in [0.2, 0.25) is 18.1 Å². The highest BCUT2D eigenvalue weighted by atomic mass is 32.2. The van der Waals surface area contributed by atoms with E-state index in [9.17, 15) is 18.1 Å². The molecule has 2 bridgehead atoms. The molecule has 2 N–H and O–H groups in total. The Morgan fingerprint density at radius 1 is 1.11 bits per heavy atom. The molecule has 1 fully saturated rings. The molecule has 0 spiro atoms. The van der Waals surface area contributed by atoms with Gasteiger partial charge in [0.25, 0.3) is 5.91 Å². The summed E-state index contributed by atoms with van der Waals surface area (Å²) in [5.41, 5.74) is 2.23. The largest absolute Gasteiger partial charge is 0.598 e. The number of nitrogens with one attached hydrogen (secondary N) is 2. The van der Waals surface area contributed by atoms with Crippen LogP contribution in [-0.4, -0.2) is 51.3 Å². The van der Waals surface area contributed by atoms with Crippen LogP contribution in [0.25, 0.3) is 22.2 Å². The van der Waals surface area contributed by atoms with Crippen molar-refractivity contribution in [3.63, 3.8) is 0 Å². The molecule has 53 heavy (non-hydrogen) atoms. The molecule has 7 rings (SSSR count). The summed E-state index contributed by atoms with van der Waals surface area (Å²) in [5.74, 6) is -0.330. The summed E-state index contributed by atoms with van der Waals surface area (Å²) >= 11 is -1.49. The summed E-state index contributed by atoms with van der Waals surface area (Å²) < 4.78 is 73.1. The number of halogens is 3. The van der Waals surface area contributed by atoms with Gasteiger partial charge in [-0.3, -0.25) is 9.78 Å². The van der Waals surface area contributed by atoms with Crippen LogP contribution in [0.15, 0.2) is 48.7 Å². The second kappa shape index (κ2) is 12.8. The van der Waals surface area contributed by atoms with E-state index in [2.05, 4.69) is 50.8 Å². The van der Waals surface area contributed by atoms with Crippen molar-refractivity contribution in [2.75, 3.05) is 6.61 Å². The number of fused-ring (bicyclic) bond motifs is 9. The first-order valence-electron chi connectivity index (χ1n) is 18.0. The standard InChI is InChI=1S/C39H48F3N5O4SSi/c1-36(2,3)52(49)46-39(19-38(7,20-39)21-50-53(8,9)37(4,5)6)32-25(40)15-23(18-43-32)22-13-14-26-28(16-22)47-29-17-27(33(47)44-26)45-34(48)24-11-10-12-30(31(24)29)51-35(41)42/h10-16,18,27,29,35,46H,17,19-21H2,1-9H3,(H,45,48)/t27-,29+,38-,39+,52+/m0/s1. The van der Waals surface area contributed by atoms with Gasteiger partial charge in [-0.1, -0.05) is 39.8 Å². The average Bonchev–Trinajstić information content (AvgIpc) is 3.53. The molecule has 4 heterocycles. The molecule has 284 valence electrons. The lowest BCUT2D eigenvalue weighted by atomic mass is 9.57. The van der Waals surface area contributed by atoms with Gasteiger partial charge in [0.2, 0.25) is 0 Å². The van der Waals surface area contributed by atoms with Crippen molar-refractivity contribution in [2.24, 2.45) is 5.41 Å². The lowest BCUT2D eigenvalue weighted by molar-refractivity contribution is -0.0507. The highest BCUT2D eigenvalue weighted by molar-refractivity contribution is 7.90. The van der Waals surface area contributed by atoms with Crippen LogP contribution in [0.4, 0.5) is 13.2 Å².